The quantitative estimate of drug-likeness (QED) is 0.845. The monoisotopic (exact) mass is 289 g/mol. The summed E-state index contributed by atoms with van der Waals surface area (Å²) >= 11 is 0. The molecule has 0 bridgehead atoms. The van der Waals surface area contributed by atoms with Crippen molar-refractivity contribution in [1.82, 2.24) is 0 Å². The molecule has 4 nitrogen and oxygen atoms in total. The Morgan fingerprint density at radius 3 is 2.71 bits per heavy atom. The largest absolute Gasteiger partial charge is 0.456 e. The number of carbonyl (C=O) groups is 2. The van der Waals surface area contributed by atoms with Gasteiger partial charge in [0.05, 0.1) is 0 Å². The highest BCUT2D eigenvalue weighted by molar-refractivity contribution is 5.92. The third-order valence-corrected chi connectivity index (χ3v) is 3.85. The van der Waals surface area contributed by atoms with Crippen molar-refractivity contribution in [3.63, 3.8) is 0 Å². The number of benzene rings is 1. The summed E-state index contributed by atoms with van der Waals surface area (Å²) in [6, 6.07) is 7.52. The van der Waals surface area contributed by atoms with E-state index in [2.05, 4.69) is 5.32 Å². The molecule has 1 aliphatic rings. The van der Waals surface area contributed by atoms with Crippen molar-refractivity contribution in [2.75, 3.05) is 11.9 Å². The number of nitrogens with one attached hydrogen (secondary N) is 1. The van der Waals surface area contributed by atoms with Gasteiger partial charge in [-0.15, -0.1) is 0 Å². The average molecular weight is 289 g/mol. The van der Waals surface area contributed by atoms with Gasteiger partial charge in [-0.3, -0.25) is 9.59 Å². The number of rotatable bonds is 5. The minimum absolute atomic E-state index is 0.209. The maximum Gasteiger partial charge on any atom is 0.306 e. The number of aryl methyl sites for hydroxylation is 1. The summed E-state index contributed by atoms with van der Waals surface area (Å²) in [5.74, 6) is -0.120. The molecule has 0 atom stereocenters. The van der Waals surface area contributed by atoms with Crippen LogP contribution < -0.4 is 5.32 Å². The van der Waals surface area contributed by atoms with Crippen LogP contribution in [0.1, 0.15) is 44.1 Å². The predicted octanol–water partition coefficient (Wildman–Crippen LogP) is 3.45. The second-order valence-electron chi connectivity index (χ2n) is 5.79. The zero-order chi connectivity index (χ0) is 15.1. The average Bonchev–Trinajstić information content (AvgIpc) is 2.46. The van der Waals surface area contributed by atoms with E-state index in [9.17, 15) is 9.59 Å². The van der Waals surface area contributed by atoms with Gasteiger partial charge in [-0.25, -0.2) is 0 Å². The van der Waals surface area contributed by atoms with Gasteiger partial charge in [0.1, 0.15) is 0 Å². The standard InChI is InChI=1S/C17H23NO3/c1-13-6-5-9-15(10-13)18-16(19)12-21-17(20)11-14-7-3-2-4-8-14/h5-6,9-10,14H,2-4,7-8,11-12H2,1H3,(H,18,19). The molecule has 0 spiro atoms. The molecule has 1 aromatic rings. The van der Waals surface area contributed by atoms with Crippen molar-refractivity contribution < 1.29 is 14.3 Å². The van der Waals surface area contributed by atoms with Gasteiger partial charge in [0.2, 0.25) is 0 Å². The third-order valence-electron chi connectivity index (χ3n) is 3.85. The summed E-state index contributed by atoms with van der Waals surface area (Å²) in [6.45, 7) is 1.75. The molecular weight excluding hydrogens is 266 g/mol. The van der Waals surface area contributed by atoms with E-state index in [0.717, 1.165) is 24.1 Å². The maximum atomic E-state index is 11.7. The van der Waals surface area contributed by atoms with Crippen LogP contribution in [0.2, 0.25) is 0 Å². The van der Waals surface area contributed by atoms with Gasteiger partial charge in [0.25, 0.3) is 5.91 Å². The zero-order valence-corrected chi connectivity index (χ0v) is 12.6. The summed E-state index contributed by atoms with van der Waals surface area (Å²) in [5.41, 5.74) is 1.80. The number of hydrogen-bond acceptors (Lipinski definition) is 3. The number of amides is 1. The Kier molecular flexibility index (Phi) is 5.78. The molecule has 21 heavy (non-hydrogen) atoms. The maximum absolute atomic E-state index is 11.7. The highest BCUT2D eigenvalue weighted by atomic mass is 16.5. The Balaban J connectivity index is 1.69. The van der Waals surface area contributed by atoms with Gasteiger partial charge >= 0.3 is 5.97 Å². The molecule has 0 aromatic heterocycles. The fourth-order valence-corrected chi connectivity index (χ4v) is 2.75. The van der Waals surface area contributed by atoms with Gasteiger partial charge in [-0.1, -0.05) is 31.4 Å². The van der Waals surface area contributed by atoms with E-state index in [0.29, 0.717) is 12.3 Å². The van der Waals surface area contributed by atoms with Crippen molar-refractivity contribution in [1.29, 1.82) is 0 Å². The van der Waals surface area contributed by atoms with Crippen LogP contribution in [-0.2, 0) is 14.3 Å². The number of ether oxygens (including phenoxy) is 1. The molecule has 0 heterocycles. The van der Waals surface area contributed by atoms with Crippen LogP contribution >= 0.6 is 0 Å². The first-order valence-electron chi connectivity index (χ1n) is 7.65. The summed E-state index contributed by atoms with van der Waals surface area (Å²) in [7, 11) is 0. The van der Waals surface area contributed by atoms with E-state index in [1.807, 2.05) is 31.2 Å². The van der Waals surface area contributed by atoms with Crippen molar-refractivity contribution in [3.05, 3.63) is 29.8 Å². The second kappa shape index (κ2) is 7.81. The molecule has 4 heteroatoms. The molecule has 1 aliphatic carbocycles. The van der Waals surface area contributed by atoms with Gasteiger partial charge < -0.3 is 10.1 Å². The highest BCUT2D eigenvalue weighted by Crippen LogP contribution is 2.26. The Morgan fingerprint density at radius 1 is 1.24 bits per heavy atom. The third kappa shape index (κ3) is 5.58. The van der Waals surface area contributed by atoms with Gasteiger partial charge in [0.15, 0.2) is 6.61 Å². The van der Waals surface area contributed by atoms with Gasteiger partial charge in [-0.05, 0) is 43.4 Å². The first-order chi connectivity index (χ1) is 10.1. The molecule has 114 valence electrons. The Bertz CT molecular complexity index is 493. The Labute approximate surface area is 125 Å². The van der Waals surface area contributed by atoms with Gasteiger partial charge in [0, 0.05) is 12.1 Å². The lowest BCUT2D eigenvalue weighted by atomic mass is 9.87. The van der Waals surface area contributed by atoms with Crippen LogP contribution in [-0.4, -0.2) is 18.5 Å². The summed E-state index contributed by atoms with van der Waals surface area (Å²) in [6.07, 6.45) is 6.31. The predicted molar refractivity (Wildman–Crippen MR) is 82.0 cm³/mol. The second-order valence-corrected chi connectivity index (χ2v) is 5.79. The molecular formula is C17H23NO3. The zero-order valence-electron chi connectivity index (χ0n) is 12.6. The van der Waals surface area contributed by atoms with E-state index in [4.69, 9.17) is 4.74 Å². The van der Waals surface area contributed by atoms with E-state index in [1.54, 1.807) is 0 Å². The van der Waals surface area contributed by atoms with Crippen LogP contribution in [0, 0.1) is 12.8 Å². The molecule has 1 amide bonds. The van der Waals surface area contributed by atoms with Crippen molar-refractivity contribution in [2.24, 2.45) is 5.92 Å². The van der Waals surface area contributed by atoms with Crippen molar-refractivity contribution >= 4 is 17.6 Å². The van der Waals surface area contributed by atoms with Crippen molar-refractivity contribution in [3.8, 4) is 0 Å². The topological polar surface area (TPSA) is 55.4 Å². The van der Waals surface area contributed by atoms with Crippen LogP contribution in [0.4, 0.5) is 5.69 Å². The minimum Gasteiger partial charge on any atom is -0.456 e. The molecule has 0 radical (unpaired) electrons. The molecule has 0 unspecified atom stereocenters. The molecule has 1 saturated carbocycles. The first-order valence-corrected chi connectivity index (χ1v) is 7.65. The SMILES string of the molecule is Cc1cccc(NC(=O)COC(=O)CC2CCCCC2)c1. The normalized spacial score (nSPS) is 15.5. The van der Waals surface area contributed by atoms with Crippen molar-refractivity contribution in [2.45, 2.75) is 45.4 Å². The summed E-state index contributed by atoms with van der Waals surface area (Å²) in [5, 5.41) is 2.73. The Morgan fingerprint density at radius 2 is 2.00 bits per heavy atom. The summed E-state index contributed by atoms with van der Waals surface area (Å²) in [4.78, 5) is 23.5. The molecule has 0 saturated heterocycles. The Hall–Kier alpha value is -1.84. The molecule has 1 N–H and O–H groups in total. The molecule has 2 rings (SSSR count). The number of esters is 1. The fraction of sp³-hybridized carbons (Fsp3) is 0.529. The van der Waals surface area contributed by atoms with E-state index < -0.39 is 0 Å². The minimum atomic E-state index is -0.294. The van der Waals surface area contributed by atoms with E-state index >= 15 is 0 Å². The fourth-order valence-electron chi connectivity index (χ4n) is 2.75. The molecule has 1 fully saturated rings. The number of hydrogen-bond donors (Lipinski definition) is 1. The van der Waals surface area contributed by atoms with E-state index in [1.165, 1.54) is 19.3 Å². The number of anilines is 1. The lowest BCUT2D eigenvalue weighted by Crippen LogP contribution is -2.22. The van der Waals surface area contributed by atoms with Gasteiger partial charge in [-0.2, -0.15) is 0 Å². The van der Waals surface area contributed by atoms with E-state index in [-0.39, 0.29) is 18.5 Å². The molecule has 0 aliphatic heterocycles. The lowest BCUT2D eigenvalue weighted by Gasteiger charge is -2.20. The van der Waals surface area contributed by atoms with Crippen LogP contribution in [0.3, 0.4) is 0 Å². The van der Waals surface area contributed by atoms with Crippen LogP contribution in [0.5, 0.6) is 0 Å². The van der Waals surface area contributed by atoms with Crippen LogP contribution in [0.15, 0.2) is 24.3 Å². The molecule has 1 aromatic carbocycles. The lowest BCUT2D eigenvalue weighted by molar-refractivity contribution is -0.148. The first kappa shape index (κ1) is 15.5. The smallest absolute Gasteiger partial charge is 0.306 e. The highest BCUT2D eigenvalue weighted by Gasteiger charge is 2.18. The van der Waals surface area contributed by atoms with Crippen LogP contribution in [0.25, 0.3) is 0 Å². The summed E-state index contributed by atoms with van der Waals surface area (Å²) < 4.78 is 5.06. The number of carbonyl (C=O) groups excluding carboxylic acids is 2.